The molecule has 0 aliphatic carbocycles. The van der Waals surface area contributed by atoms with Crippen LogP contribution in [0.4, 0.5) is 0 Å². The third-order valence-corrected chi connectivity index (χ3v) is 5.90. The summed E-state index contributed by atoms with van der Waals surface area (Å²) in [5.41, 5.74) is 2.84. The summed E-state index contributed by atoms with van der Waals surface area (Å²) in [5, 5.41) is 5.91. The summed E-state index contributed by atoms with van der Waals surface area (Å²) in [5.74, 6) is 0.847. The van der Waals surface area contributed by atoms with E-state index in [1.807, 2.05) is 44.2 Å². The van der Waals surface area contributed by atoms with Crippen LogP contribution in [0.25, 0.3) is 16.0 Å². The summed E-state index contributed by atoms with van der Waals surface area (Å²) in [6, 6.07) is 9.95. The lowest BCUT2D eigenvalue weighted by Gasteiger charge is -2.14. The molecule has 0 N–H and O–H groups in total. The van der Waals surface area contributed by atoms with E-state index in [1.54, 1.807) is 27.8 Å². The number of para-hydroxylation sites is 1. The highest BCUT2D eigenvalue weighted by atomic mass is 32.2. The molecule has 1 amide bonds. The van der Waals surface area contributed by atoms with Crippen LogP contribution in [0.15, 0.2) is 35.5 Å². The Morgan fingerprint density at radius 1 is 1.22 bits per heavy atom. The first-order valence-electron chi connectivity index (χ1n) is 8.42. The summed E-state index contributed by atoms with van der Waals surface area (Å²) in [6.07, 6.45) is 0. The Labute approximate surface area is 164 Å². The number of carbonyl (C=O) groups excluding carboxylic acids is 1. The number of rotatable bonds is 5. The minimum atomic E-state index is 0.0129. The van der Waals surface area contributed by atoms with E-state index in [0.29, 0.717) is 17.5 Å². The number of carbonyl (C=O) groups is 1. The molecule has 3 aromatic heterocycles. The fourth-order valence-corrected chi connectivity index (χ4v) is 4.50. The van der Waals surface area contributed by atoms with Crippen LogP contribution < -0.4 is 0 Å². The lowest BCUT2D eigenvalue weighted by Crippen LogP contribution is -2.27. The topological polar surface area (TPSA) is 76.3 Å². The minimum absolute atomic E-state index is 0.0129. The van der Waals surface area contributed by atoms with E-state index in [0.717, 1.165) is 26.6 Å². The van der Waals surface area contributed by atoms with Crippen LogP contribution in [0.2, 0.25) is 0 Å². The van der Waals surface area contributed by atoms with Crippen LogP contribution in [0, 0.1) is 13.8 Å². The first-order chi connectivity index (χ1) is 13.0. The molecule has 0 radical (unpaired) electrons. The largest absolute Gasteiger partial charge is 0.338 e. The van der Waals surface area contributed by atoms with Crippen LogP contribution in [-0.2, 0) is 11.3 Å². The van der Waals surface area contributed by atoms with Crippen molar-refractivity contribution in [3.05, 3.63) is 46.7 Å². The van der Waals surface area contributed by atoms with Crippen LogP contribution >= 0.6 is 23.1 Å². The number of hydrogen-bond acceptors (Lipinski definition) is 7. The van der Waals surface area contributed by atoms with Crippen molar-refractivity contribution >= 4 is 45.0 Å². The summed E-state index contributed by atoms with van der Waals surface area (Å²) in [7, 11) is 1.79. The average molecular weight is 399 g/mol. The maximum absolute atomic E-state index is 12.5. The zero-order valence-corrected chi connectivity index (χ0v) is 16.8. The molecule has 0 aliphatic rings. The van der Waals surface area contributed by atoms with Gasteiger partial charge in [0, 0.05) is 18.4 Å². The third kappa shape index (κ3) is 3.79. The Bertz CT molecular complexity index is 1100. The Kier molecular flexibility index (Phi) is 4.79. The molecule has 7 nitrogen and oxygen atoms in total. The minimum Gasteiger partial charge on any atom is -0.338 e. The summed E-state index contributed by atoms with van der Waals surface area (Å²) < 4.78 is 2.83. The van der Waals surface area contributed by atoms with Crippen molar-refractivity contribution in [3.8, 4) is 0 Å². The van der Waals surface area contributed by atoms with Gasteiger partial charge in [-0.2, -0.15) is 4.98 Å². The molecular weight excluding hydrogens is 380 g/mol. The zero-order chi connectivity index (χ0) is 19.0. The smallest absolute Gasteiger partial charge is 0.253 e. The van der Waals surface area contributed by atoms with E-state index in [1.165, 1.54) is 11.8 Å². The molecule has 0 fully saturated rings. The van der Waals surface area contributed by atoms with Gasteiger partial charge >= 0.3 is 0 Å². The molecule has 4 rings (SSSR count). The molecule has 3 heterocycles. The van der Waals surface area contributed by atoms with Gasteiger partial charge in [-0.1, -0.05) is 23.9 Å². The lowest BCUT2D eigenvalue weighted by atomic mass is 10.3. The monoisotopic (exact) mass is 398 g/mol. The Morgan fingerprint density at radius 3 is 2.85 bits per heavy atom. The summed E-state index contributed by atoms with van der Waals surface area (Å²) in [6.45, 7) is 4.38. The van der Waals surface area contributed by atoms with Gasteiger partial charge in [0.2, 0.25) is 11.1 Å². The average Bonchev–Trinajstić information content (AvgIpc) is 3.22. The van der Waals surface area contributed by atoms with Gasteiger partial charge in [-0.3, -0.25) is 4.79 Å². The maximum atomic E-state index is 12.5. The standard InChI is InChI=1S/C18H18N6OS2/c1-11-8-12(2)24-17(19-11)21-18(22-24)26-10-16(25)23(3)9-15-20-13-6-4-5-7-14(13)27-15/h4-8H,9-10H2,1-3H3. The van der Waals surface area contributed by atoms with E-state index in [4.69, 9.17) is 0 Å². The zero-order valence-electron chi connectivity index (χ0n) is 15.2. The highest BCUT2D eigenvalue weighted by Gasteiger charge is 2.15. The SMILES string of the molecule is Cc1cc(C)n2nc(SCC(=O)N(C)Cc3nc4ccccc4s3)nc2n1. The van der Waals surface area contributed by atoms with E-state index in [2.05, 4.69) is 20.1 Å². The number of fused-ring (bicyclic) bond motifs is 2. The van der Waals surface area contributed by atoms with E-state index in [9.17, 15) is 4.79 Å². The molecule has 0 saturated carbocycles. The summed E-state index contributed by atoms with van der Waals surface area (Å²) >= 11 is 2.94. The predicted molar refractivity (Wildman–Crippen MR) is 107 cm³/mol. The van der Waals surface area contributed by atoms with Crippen molar-refractivity contribution in [3.63, 3.8) is 0 Å². The normalized spacial score (nSPS) is 11.4. The van der Waals surface area contributed by atoms with E-state index < -0.39 is 0 Å². The van der Waals surface area contributed by atoms with Gasteiger partial charge in [0.15, 0.2) is 0 Å². The summed E-state index contributed by atoms with van der Waals surface area (Å²) in [4.78, 5) is 27.5. The molecular formula is C18H18N6OS2. The molecule has 1 aromatic carbocycles. The fraction of sp³-hybridized carbons (Fsp3) is 0.278. The van der Waals surface area contributed by atoms with Crippen molar-refractivity contribution in [2.45, 2.75) is 25.5 Å². The third-order valence-electron chi connectivity index (χ3n) is 4.06. The first kappa shape index (κ1) is 17.9. The van der Waals surface area contributed by atoms with Crippen LogP contribution in [0.3, 0.4) is 0 Å². The van der Waals surface area contributed by atoms with Crippen molar-refractivity contribution in [2.75, 3.05) is 12.8 Å². The maximum Gasteiger partial charge on any atom is 0.253 e. The van der Waals surface area contributed by atoms with Crippen LogP contribution in [0.1, 0.15) is 16.4 Å². The molecule has 138 valence electrons. The number of aryl methyl sites for hydroxylation is 2. The van der Waals surface area contributed by atoms with Gasteiger partial charge in [-0.05, 0) is 32.0 Å². The molecule has 9 heteroatoms. The van der Waals surface area contributed by atoms with Crippen LogP contribution in [-0.4, -0.2) is 48.2 Å². The molecule has 4 aromatic rings. The van der Waals surface area contributed by atoms with E-state index in [-0.39, 0.29) is 11.7 Å². The number of aromatic nitrogens is 5. The second-order valence-corrected chi connectivity index (χ2v) is 8.32. The Hall–Kier alpha value is -2.52. The second kappa shape index (κ2) is 7.24. The van der Waals surface area contributed by atoms with Crippen molar-refractivity contribution in [1.29, 1.82) is 0 Å². The lowest BCUT2D eigenvalue weighted by molar-refractivity contribution is -0.127. The van der Waals surface area contributed by atoms with Gasteiger partial charge in [0.05, 0.1) is 22.5 Å². The van der Waals surface area contributed by atoms with Gasteiger partial charge < -0.3 is 4.90 Å². The number of thiazole rings is 1. The molecule has 0 bridgehead atoms. The number of amides is 1. The quantitative estimate of drug-likeness (QED) is 0.481. The van der Waals surface area contributed by atoms with Crippen LogP contribution in [0.5, 0.6) is 0 Å². The number of thioether (sulfide) groups is 1. The number of nitrogens with zero attached hydrogens (tertiary/aromatic N) is 6. The Balaban J connectivity index is 1.40. The van der Waals surface area contributed by atoms with Gasteiger partial charge in [-0.25, -0.2) is 14.5 Å². The van der Waals surface area contributed by atoms with Crippen molar-refractivity contribution in [1.82, 2.24) is 29.5 Å². The molecule has 0 aliphatic heterocycles. The highest BCUT2D eigenvalue weighted by Crippen LogP contribution is 2.23. The second-order valence-electron chi connectivity index (χ2n) is 6.26. The molecule has 27 heavy (non-hydrogen) atoms. The predicted octanol–water partition coefficient (Wildman–Crippen LogP) is 3.10. The highest BCUT2D eigenvalue weighted by molar-refractivity contribution is 7.99. The van der Waals surface area contributed by atoms with Gasteiger partial charge in [-0.15, -0.1) is 16.4 Å². The molecule has 0 unspecified atom stereocenters. The molecule has 0 atom stereocenters. The first-order valence-corrected chi connectivity index (χ1v) is 10.2. The number of hydrogen-bond donors (Lipinski definition) is 0. The Morgan fingerprint density at radius 2 is 2.04 bits per heavy atom. The van der Waals surface area contributed by atoms with Gasteiger partial charge in [0.25, 0.3) is 5.78 Å². The molecule has 0 saturated heterocycles. The van der Waals surface area contributed by atoms with Crippen molar-refractivity contribution < 1.29 is 4.79 Å². The van der Waals surface area contributed by atoms with E-state index >= 15 is 0 Å². The molecule has 0 spiro atoms. The van der Waals surface area contributed by atoms with Gasteiger partial charge in [0.1, 0.15) is 5.01 Å². The number of benzene rings is 1. The van der Waals surface area contributed by atoms with Crippen molar-refractivity contribution in [2.24, 2.45) is 0 Å². The fourth-order valence-electron chi connectivity index (χ4n) is 2.72.